The molecule has 0 spiro atoms. The molecule has 0 saturated heterocycles. The maximum Gasteiger partial charge on any atom is 0.112 e. The molecule has 0 aliphatic heterocycles. The Balaban J connectivity index is 2.08. The van der Waals surface area contributed by atoms with E-state index in [1.807, 2.05) is 12.4 Å². The lowest BCUT2D eigenvalue weighted by Gasteiger charge is -2.17. The largest absolute Gasteiger partial charge is 0.335 e. The summed E-state index contributed by atoms with van der Waals surface area (Å²) in [6.45, 7) is 3.14. The third-order valence-electron chi connectivity index (χ3n) is 3.01. The molecule has 2 N–H and O–H groups in total. The van der Waals surface area contributed by atoms with Gasteiger partial charge in [0.05, 0.1) is 0 Å². The van der Waals surface area contributed by atoms with E-state index in [1.165, 1.54) is 18.4 Å². The summed E-state index contributed by atoms with van der Waals surface area (Å²) in [6.07, 6.45) is 10.6. The van der Waals surface area contributed by atoms with Crippen LogP contribution in [-0.2, 0) is 13.0 Å². The Bertz CT molecular complexity index is 352. The molecule has 1 aromatic rings. The summed E-state index contributed by atoms with van der Waals surface area (Å²) in [7, 11) is 0. The number of rotatable bonds is 3. The van der Waals surface area contributed by atoms with Gasteiger partial charge in [0, 0.05) is 31.4 Å². The first-order valence-electron chi connectivity index (χ1n) is 5.74. The van der Waals surface area contributed by atoms with Crippen LogP contribution in [0.5, 0.6) is 0 Å². The van der Waals surface area contributed by atoms with Crippen LogP contribution in [0.2, 0.25) is 0 Å². The number of nitrogens with two attached hydrogens (primary N) is 1. The first kappa shape index (κ1) is 10.4. The molecule has 0 amide bonds. The Hall–Kier alpha value is -1.09. The Morgan fingerprint density at radius 1 is 1.60 bits per heavy atom. The summed E-state index contributed by atoms with van der Waals surface area (Å²) < 4.78 is 2.20. The standard InChI is InChI=1S/C12H19N3/c1-2-15-7-6-14-12(15)9-10-4-3-5-11(13)8-10/h6-8,11H,2-5,9,13H2,1H3. The van der Waals surface area contributed by atoms with Crippen molar-refractivity contribution in [3.05, 3.63) is 29.9 Å². The minimum absolute atomic E-state index is 0.263. The quantitative estimate of drug-likeness (QED) is 0.766. The van der Waals surface area contributed by atoms with Gasteiger partial charge in [0.1, 0.15) is 5.82 Å². The first-order chi connectivity index (χ1) is 7.29. The van der Waals surface area contributed by atoms with E-state index in [1.54, 1.807) is 0 Å². The molecule has 15 heavy (non-hydrogen) atoms. The molecule has 1 unspecified atom stereocenters. The molecule has 3 heteroatoms. The Morgan fingerprint density at radius 3 is 3.20 bits per heavy atom. The van der Waals surface area contributed by atoms with Gasteiger partial charge in [-0.25, -0.2) is 4.98 Å². The molecule has 0 aromatic carbocycles. The molecule has 0 saturated carbocycles. The van der Waals surface area contributed by atoms with Gasteiger partial charge in [-0.1, -0.05) is 11.6 Å². The van der Waals surface area contributed by atoms with Crippen molar-refractivity contribution < 1.29 is 0 Å². The lowest BCUT2D eigenvalue weighted by atomic mass is 9.94. The summed E-state index contributed by atoms with van der Waals surface area (Å²) in [5.41, 5.74) is 7.37. The number of aromatic nitrogens is 2. The molecule has 1 atom stereocenters. The molecule has 3 nitrogen and oxygen atoms in total. The lowest BCUT2D eigenvalue weighted by Crippen LogP contribution is -2.21. The van der Waals surface area contributed by atoms with E-state index in [2.05, 4.69) is 22.6 Å². The van der Waals surface area contributed by atoms with Crippen molar-refractivity contribution in [2.24, 2.45) is 5.73 Å². The molecule has 82 valence electrons. The number of allylic oxidation sites excluding steroid dienone is 1. The zero-order valence-corrected chi connectivity index (χ0v) is 9.32. The van der Waals surface area contributed by atoms with Crippen molar-refractivity contribution in [1.82, 2.24) is 9.55 Å². The summed E-state index contributed by atoms with van der Waals surface area (Å²) in [6, 6.07) is 0.263. The van der Waals surface area contributed by atoms with Crippen molar-refractivity contribution >= 4 is 0 Å². The molecular formula is C12H19N3. The van der Waals surface area contributed by atoms with Crippen LogP contribution in [0.15, 0.2) is 24.0 Å². The summed E-state index contributed by atoms with van der Waals surface area (Å²) in [5, 5.41) is 0. The number of hydrogen-bond acceptors (Lipinski definition) is 2. The van der Waals surface area contributed by atoms with E-state index in [4.69, 9.17) is 5.73 Å². The zero-order valence-electron chi connectivity index (χ0n) is 9.32. The fourth-order valence-corrected chi connectivity index (χ4v) is 2.18. The highest BCUT2D eigenvalue weighted by Crippen LogP contribution is 2.20. The predicted octanol–water partition coefficient (Wildman–Crippen LogP) is 1.88. The van der Waals surface area contributed by atoms with Crippen molar-refractivity contribution in [2.45, 2.75) is 45.2 Å². The average molecular weight is 205 g/mol. The van der Waals surface area contributed by atoms with Crippen LogP contribution in [0.25, 0.3) is 0 Å². The van der Waals surface area contributed by atoms with Crippen molar-refractivity contribution in [3.63, 3.8) is 0 Å². The topological polar surface area (TPSA) is 43.8 Å². The third kappa shape index (κ3) is 2.48. The van der Waals surface area contributed by atoms with E-state index in [0.717, 1.165) is 25.2 Å². The highest BCUT2D eigenvalue weighted by atomic mass is 15.0. The van der Waals surface area contributed by atoms with Crippen LogP contribution in [0.4, 0.5) is 0 Å². The summed E-state index contributed by atoms with van der Waals surface area (Å²) >= 11 is 0. The van der Waals surface area contributed by atoms with Crippen LogP contribution in [0.3, 0.4) is 0 Å². The summed E-state index contributed by atoms with van der Waals surface area (Å²) in [5.74, 6) is 1.16. The van der Waals surface area contributed by atoms with Gasteiger partial charge in [-0.05, 0) is 26.2 Å². The van der Waals surface area contributed by atoms with Crippen LogP contribution < -0.4 is 5.73 Å². The second-order valence-electron chi connectivity index (χ2n) is 4.19. The molecule has 1 aromatic heterocycles. The van der Waals surface area contributed by atoms with Crippen LogP contribution in [-0.4, -0.2) is 15.6 Å². The Morgan fingerprint density at radius 2 is 2.47 bits per heavy atom. The van der Waals surface area contributed by atoms with E-state index in [-0.39, 0.29) is 6.04 Å². The molecule has 1 heterocycles. The van der Waals surface area contributed by atoms with Crippen LogP contribution in [0.1, 0.15) is 32.0 Å². The van der Waals surface area contributed by atoms with Gasteiger partial charge in [0.2, 0.25) is 0 Å². The Labute approximate surface area is 91.0 Å². The summed E-state index contributed by atoms with van der Waals surface area (Å²) in [4.78, 5) is 4.39. The predicted molar refractivity (Wildman–Crippen MR) is 61.5 cm³/mol. The first-order valence-corrected chi connectivity index (χ1v) is 5.74. The lowest BCUT2D eigenvalue weighted by molar-refractivity contribution is 0.607. The van der Waals surface area contributed by atoms with Crippen molar-refractivity contribution in [2.75, 3.05) is 0 Å². The fraction of sp³-hybridized carbons (Fsp3) is 0.583. The van der Waals surface area contributed by atoms with Gasteiger partial charge >= 0.3 is 0 Å². The van der Waals surface area contributed by atoms with E-state index >= 15 is 0 Å². The van der Waals surface area contributed by atoms with E-state index in [9.17, 15) is 0 Å². The minimum atomic E-state index is 0.263. The van der Waals surface area contributed by atoms with E-state index < -0.39 is 0 Å². The number of nitrogens with zero attached hydrogens (tertiary/aromatic N) is 2. The second-order valence-corrected chi connectivity index (χ2v) is 4.19. The molecule has 0 fully saturated rings. The molecule has 1 aliphatic carbocycles. The van der Waals surface area contributed by atoms with Crippen LogP contribution in [0, 0.1) is 0 Å². The van der Waals surface area contributed by atoms with Gasteiger partial charge in [-0.2, -0.15) is 0 Å². The van der Waals surface area contributed by atoms with Gasteiger partial charge in [0.25, 0.3) is 0 Å². The Kier molecular flexibility index (Phi) is 3.21. The second kappa shape index (κ2) is 4.62. The maximum atomic E-state index is 5.92. The monoisotopic (exact) mass is 205 g/mol. The van der Waals surface area contributed by atoms with Crippen molar-refractivity contribution in [3.8, 4) is 0 Å². The number of aryl methyl sites for hydroxylation is 1. The molecular weight excluding hydrogens is 186 g/mol. The SMILES string of the molecule is CCn1ccnc1CC1=CC(N)CCC1. The average Bonchev–Trinajstić information content (AvgIpc) is 2.65. The highest BCUT2D eigenvalue weighted by molar-refractivity contribution is 5.15. The van der Waals surface area contributed by atoms with Gasteiger partial charge in [-0.3, -0.25) is 0 Å². The number of imidazole rings is 1. The maximum absolute atomic E-state index is 5.92. The van der Waals surface area contributed by atoms with E-state index in [0.29, 0.717) is 0 Å². The van der Waals surface area contributed by atoms with Crippen molar-refractivity contribution in [1.29, 1.82) is 0 Å². The molecule has 0 bridgehead atoms. The zero-order chi connectivity index (χ0) is 10.7. The van der Waals surface area contributed by atoms with Crippen LogP contribution >= 0.6 is 0 Å². The van der Waals surface area contributed by atoms with Gasteiger partial charge in [-0.15, -0.1) is 0 Å². The fourth-order valence-electron chi connectivity index (χ4n) is 2.18. The number of hydrogen-bond donors (Lipinski definition) is 1. The smallest absolute Gasteiger partial charge is 0.112 e. The van der Waals surface area contributed by atoms with Gasteiger partial charge < -0.3 is 10.3 Å². The normalized spacial score (nSPS) is 21.5. The third-order valence-corrected chi connectivity index (χ3v) is 3.01. The van der Waals surface area contributed by atoms with Gasteiger partial charge in [0.15, 0.2) is 0 Å². The highest BCUT2D eigenvalue weighted by Gasteiger charge is 2.12. The molecule has 1 aliphatic rings. The molecule has 2 rings (SSSR count). The minimum Gasteiger partial charge on any atom is -0.335 e. The molecule has 0 radical (unpaired) electrons.